The minimum atomic E-state index is -0.914. The standard InChI is InChI=1S/C15H19Cl2NO/c1-4-12(11-7-5-10(2)6-8-11)18-13(19)14(3)9-15(14,16)17/h5-8,12H,4,9H2,1-3H3,(H,18,19). The van der Waals surface area contributed by atoms with E-state index in [4.69, 9.17) is 23.2 Å². The number of hydrogen-bond acceptors (Lipinski definition) is 1. The van der Waals surface area contributed by atoms with Gasteiger partial charge in [-0.15, -0.1) is 23.2 Å². The average molecular weight is 300 g/mol. The van der Waals surface area contributed by atoms with Gasteiger partial charge >= 0.3 is 0 Å². The van der Waals surface area contributed by atoms with E-state index in [0.717, 1.165) is 12.0 Å². The number of rotatable bonds is 4. The molecule has 0 heterocycles. The molecule has 0 spiro atoms. The largest absolute Gasteiger partial charge is 0.349 e. The molecule has 104 valence electrons. The first-order valence-electron chi connectivity index (χ1n) is 6.55. The summed E-state index contributed by atoms with van der Waals surface area (Å²) in [6.07, 6.45) is 1.35. The van der Waals surface area contributed by atoms with Gasteiger partial charge in [0.25, 0.3) is 0 Å². The SMILES string of the molecule is CCC(NC(=O)C1(C)CC1(Cl)Cl)c1ccc(C)cc1. The fraction of sp³-hybridized carbons (Fsp3) is 0.533. The van der Waals surface area contributed by atoms with Gasteiger partial charge in [-0.2, -0.15) is 0 Å². The van der Waals surface area contributed by atoms with E-state index >= 15 is 0 Å². The topological polar surface area (TPSA) is 29.1 Å². The first-order valence-corrected chi connectivity index (χ1v) is 7.31. The van der Waals surface area contributed by atoms with Gasteiger partial charge in [-0.25, -0.2) is 0 Å². The summed E-state index contributed by atoms with van der Waals surface area (Å²) in [5, 5.41) is 3.05. The Labute approximate surface area is 124 Å². The fourth-order valence-electron chi connectivity index (χ4n) is 2.18. The van der Waals surface area contributed by atoms with Crippen LogP contribution in [0.1, 0.15) is 43.9 Å². The molecule has 0 radical (unpaired) electrons. The Bertz CT molecular complexity index is 483. The molecule has 1 saturated carbocycles. The lowest BCUT2D eigenvalue weighted by Crippen LogP contribution is -2.36. The first-order chi connectivity index (χ1) is 8.80. The van der Waals surface area contributed by atoms with Gasteiger partial charge in [-0.3, -0.25) is 4.79 Å². The van der Waals surface area contributed by atoms with Crippen molar-refractivity contribution in [3.8, 4) is 0 Å². The molecular weight excluding hydrogens is 281 g/mol. The van der Waals surface area contributed by atoms with Gasteiger partial charge in [-0.05, 0) is 32.3 Å². The van der Waals surface area contributed by atoms with E-state index in [9.17, 15) is 4.79 Å². The van der Waals surface area contributed by atoms with Crippen molar-refractivity contribution >= 4 is 29.1 Å². The zero-order chi connectivity index (χ0) is 14.3. The molecule has 4 heteroatoms. The quantitative estimate of drug-likeness (QED) is 0.832. The van der Waals surface area contributed by atoms with Crippen LogP contribution >= 0.6 is 23.2 Å². The number of alkyl halides is 2. The maximum atomic E-state index is 12.3. The maximum absolute atomic E-state index is 12.3. The Morgan fingerprint density at radius 1 is 1.37 bits per heavy atom. The fourth-order valence-corrected chi connectivity index (χ4v) is 2.89. The van der Waals surface area contributed by atoms with Crippen molar-refractivity contribution in [3.05, 3.63) is 35.4 Å². The third kappa shape index (κ3) is 2.75. The summed E-state index contributed by atoms with van der Waals surface area (Å²) in [5.74, 6) is -0.0649. The molecule has 1 aliphatic carbocycles. The highest BCUT2D eigenvalue weighted by molar-refractivity contribution is 6.53. The third-order valence-corrected chi connectivity index (χ3v) is 5.05. The molecule has 1 aliphatic rings. The number of aryl methyl sites for hydroxylation is 1. The van der Waals surface area contributed by atoms with E-state index in [2.05, 4.69) is 24.4 Å². The Hall–Kier alpha value is -0.730. The van der Waals surface area contributed by atoms with Crippen molar-refractivity contribution in [2.24, 2.45) is 5.41 Å². The highest BCUT2D eigenvalue weighted by atomic mass is 35.5. The van der Waals surface area contributed by atoms with Crippen LogP contribution in [0.15, 0.2) is 24.3 Å². The number of hydrogen-bond donors (Lipinski definition) is 1. The molecule has 1 amide bonds. The molecule has 2 nitrogen and oxygen atoms in total. The second-order valence-electron chi connectivity index (χ2n) is 5.56. The molecular formula is C15H19Cl2NO. The van der Waals surface area contributed by atoms with Crippen molar-refractivity contribution in [2.45, 2.75) is 44.0 Å². The monoisotopic (exact) mass is 299 g/mol. The van der Waals surface area contributed by atoms with Crippen LogP contribution in [0.4, 0.5) is 0 Å². The van der Waals surface area contributed by atoms with Crippen LogP contribution in [-0.2, 0) is 4.79 Å². The van der Waals surface area contributed by atoms with Gasteiger partial charge in [0.05, 0.1) is 11.5 Å². The van der Waals surface area contributed by atoms with E-state index < -0.39 is 9.75 Å². The molecule has 2 rings (SSSR count). The summed E-state index contributed by atoms with van der Waals surface area (Å²) in [6.45, 7) is 5.91. The van der Waals surface area contributed by atoms with Gasteiger partial charge in [0, 0.05) is 0 Å². The number of carbonyl (C=O) groups excluding carboxylic acids is 1. The summed E-state index contributed by atoms with van der Waals surface area (Å²) in [5.41, 5.74) is 1.66. The third-order valence-electron chi connectivity index (χ3n) is 3.95. The van der Waals surface area contributed by atoms with Crippen LogP contribution in [-0.4, -0.2) is 10.2 Å². The van der Waals surface area contributed by atoms with Crippen LogP contribution in [0.25, 0.3) is 0 Å². The summed E-state index contributed by atoms with van der Waals surface area (Å²) in [6, 6.07) is 8.21. The second kappa shape index (κ2) is 4.99. The maximum Gasteiger partial charge on any atom is 0.229 e. The number of carbonyl (C=O) groups is 1. The molecule has 19 heavy (non-hydrogen) atoms. The lowest BCUT2D eigenvalue weighted by Gasteiger charge is -2.21. The van der Waals surface area contributed by atoms with Crippen LogP contribution < -0.4 is 5.32 Å². The predicted molar refractivity (Wildman–Crippen MR) is 79.5 cm³/mol. The van der Waals surface area contributed by atoms with Crippen LogP contribution in [0, 0.1) is 12.3 Å². The summed E-state index contributed by atoms with van der Waals surface area (Å²) >= 11 is 12.1. The van der Waals surface area contributed by atoms with E-state index in [-0.39, 0.29) is 11.9 Å². The predicted octanol–water partition coefficient (Wildman–Crippen LogP) is 4.15. The number of benzene rings is 1. The van der Waals surface area contributed by atoms with Gasteiger partial charge in [0.15, 0.2) is 0 Å². The van der Waals surface area contributed by atoms with Gasteiger partial charge in [0.2, 0.25) is 5.91 Å². The zero-order valence-corrected chi connectivity index (χ0v) is 13.0. The molecule has 0 aliphatic heterocycles. The van der Waals surface area contributed by atoms with Crippen molar-refractivity contribution in [1.82, 2.24) is 5.32 Å². The van der Waals surface area contributed by atoms with E-state index in [1.165, 1.54) is 5.56 Å². The molecule has 1 aromatic rings. The molecule has 1 N–H and O–H groups in total. The van der Waals surface area contributed by atoms with Gasteiger partial charge in [0.1, 0.15) is 4.33 Å². The molecule has 1 aromatic carbocycles. The van der Waals surface area contributed by atoms with Gasteiger partial charge < -0.3 is 5.32 Å². The smallest absolute Gasteiger partial charge is 0.229 e. The zero-order valence-electron chi connectivity index (χ0n) is 11.5. The second-order valence-corrected chi connectivity index (χ2v) is 7.04. The normalized spacial score (nSPS) is 25.7. The van der Waals surface area contributed by atoms with Crippen LogP contribution in [0.3, 0.4) is 0 Å². The minimum absolute atomic E-state index is 0.00894. The van der Waals surface area contributed by atoms with Crippen molar-refractivity contribution in [1.29, 1.82) is 0 Å². The van der Waals surface area contributed by atoms with Crippen molar-refractivity contribution in [3.63, 3.8) is 0 Å². The molecule has 2 unspecified atom stereocenters. The Balaban J connectivity index is 2.08. The first kappa shape index (κ1) is 14.7. The lowest BCUT2D eigenvalue weighted by molar-refractivity contribution is -0.126. The van der Waals surface area contributed by atoms with Crippen LogP contribution in [0.2, 0.25) is 0 Å². The highest BCUT2D eigenvalue weighted by Gasteiger charge is 2.68. The number of amides is 1. The number of nitrogens with one attached hydrogen (secondary N) is 1. The molecule has 0 aromatic heterocycles. The molecule has 1 fully saturated rings. The Morgan fingerprint density at radius 3 is 2.32 bits per heavy atom. The Kier molecular flexibility index (Phi) is 3.85. The average Bonchev–Trinajstić information content (AvgIpc) is 2.88. The number of halogens is 2. The van der Waals surface area contributed by atoms with E-state index in [1.54, 1.807) is 0 Å². The van der Waals surface area contributed by atoms with Crippen molar-refractivity contribution in [2.75, 3.05) is 0 Å². The molecule has 2 atom stereocenters. The van der Waals surface area contributed by atoms with E-state index in [0.29, 0.717) is 6.42 Å². The highest BCUT2D eigenvalue weighted by Crippen LogP contribution is 2.63. The molecule has 0 bridgehead atoms. The van der Waals surface area contributed by atoms with Gasteiger partial charge in [-0.1, -0.05) is 36.8 Å². The molecule has 0 saturated heterocycles. The van der Waals surface area contributed by atoms with Crippen molar-refractivity contribution < 1.29 is 4.79 Å². The summed E-state index contributed by atoms with van der Waals surface area (Å²) < 4.78 is -0.914. The lowest BCUT2D eigenvalue weighted by atomic mass is 10.0. The Morgan fingerprint density at radius 2 is 1.89 bits per heavy atom. The minimum Gasteiger partial charge on any atom is -0.349 e. The summed E-state index contributed by atoms with van der Waals surface area (Å²) in [4.78, 5) is 12.3. The summed E-state index contributed by atoms with van der Waals surface area (Å²) in [7, 11) is 0. The van der Waals surface area contributed by atoms with Crippen LogP contribution in [0.5, 0.6) is 0 Å². The van der Waals surface area contributed by atoms with E-state index in [1.807, 2.05) is 26.0 Å².